The van der Waals surface area contributed by atoms with Crippen molar-refractivity contribution in [3.8, 4) is 17.0 Å². The minimum absolute atomic E-state index is 0.588. The number of H-pyrrole nitrogens is 1. The maximum Gasteiger partial charge on any atom is 0.128 e. The third-order valence-electron chi connectivity index (χ3n) is 3.24. The Morgan fingerprint density at radius 1 is 1.32 bits per heavy atom. The first-order valence-electron chi connectivity index (χ1n) is 6.17. The van der Waals surface area contributed by atoms with Crippen LogP contribution < -0.4 is 10.5 Å². The number of aromatic amines is 1. The van der Waals surface area contributed by atoms with Crippen molar-refractivity contribution in [2.45, 2.75) is 20.3 Å². The second-order valence-corrected chi connectivity index (χ2v) is 5.33. The van der Waals surface area contributed by atoms with Crippen LogP contribution in [0.1, 0.15) is 16.8 Å². The summed E-state index contributed by atoms with van der Waals surface area (Å²) in [6.45, 7) is 4.74. The average molecular weight is 324 g/mol. The topological polar surface area (TPSA) is 63.9 Å². The Balaban J connectivity index is 2.55. The molecule has 0 aliphatic heterocycles. The molecule has 2 rings (SSSR count). The van der Waals surface area contributed by atoms with E-state index < -0.39 is 0 Å². The average Bonchev–Trinajstić information content (AvgIpc) is 2.74. The van der Waals surface area contributed by atoms with Crippen LogP contribution in [0.15, 0.2) is 16.6 Å². The van der Waals surface area contributed by atoms with Gasteiger partial charge >= 0.3 is 0 Å². The molecule has 0 amide bonds. The summed E-state index contributed by atoms with van der Waals surface area (Å²) >= 11 is 3.59. The van der Waals surface area contributed by atoms with Crippen LogP contribution in [0.25, 0.3) is 11.3 Å². The van der Waals surface area contributed by atoms with Gasteiger partial charge in [0.15, 0.2) is 0 Å². The van der Waals surface area contributed by atoms with E-state index in [2.05, 4.69) is 46.0 Å². The second-order valence-electron chi connectivity index (χ2n) is 4.54. The van der Waals surface area contributed by atoms with Crippen LogP contribution in [0.4, 0.5) is 0 Å². The van der Waals surface area contributed by atoms with E-state index in [9.17, 15) is 0 Å². The molecule has 0 spiro atoms. The summed E-state index contributed by atoms with van der Waals surface area (Å²) in [7, 11) is 1.68. The Morgan fingerprint density at radius 3 is 2.63 bits per heavy atom. The lowest BCUT2D eigenvalue weighted by Crippen LogP contribution is -2.03. The van der Waals surface area contributed by atoms with Crippen molar-refractivity contribution in [2.24, 2.45) is 5.73 Å². The van der Waals surface area contributed by atoms with Crippen molar-refractivity contribution in [3.05, 3.63) is 33.4 Å². The third-order valence-corrected chi connectivity index (χ3v) is 4.09. The fourth-order valence-corrected chi connectivity index (χ4v) is 2.59. The highest BCUT2D eigenvalue weighted by molar-refractivity contribution is 9.10. The molecule has 5 heteroatoms. The molecule has 1 aromatic heterocycles. The first kappa shape index (κ1) is 14.1. The smallest absolute Gasteiger partial charge is 0.128 e. The number of nitrogens with zero attached hydrogens (tertiary/aromatic N) is 1. The summed E-state index contributed by atoms with van der Waals surface area (Å²) < 4.78 is 6.42. The summed E-state index contributed by atoms with van der Waals surface area (Å²) in [5, 5.41) is 7.40. The molecule has 1 heterocycles. The van der Waals surface area contributed by atoms with E-state index in [0.29, 0.717) is 6.54 Å². The number of aryl methyl sites for hydroxylation is 2. The zero-order valence-corrected chi connectivity index (χ0v) is 13.0. The molecule has 19 heavy (non-hydrogen) atoms. The number of aromatic nitrogens is 2. The molecule has 0 bridgehead atoms. The van der Waals surface area contributed by atoms with Gasteiger partial charge in [0.1, 0.15) is 11.4 Å². The summed E-state index contributed by atoms with van der Waals surface area (Å²) in [4.78, 5) is 0. The largest absolute Gasteiger partial charge is 0.496 e. The Labute approximate surface area is 121 Å². The van der Waals surface area contributed by atoms with Gasteiger partial charge < -0.3 is 10.5 Å². The van der Waals surface area contributed by atoms with Gasteiger partial charge in [-0.2, -0.15) is 5.10 Å². The number of rotatable bonds is 4. The Hall–Kier alpha value is -1.33. The highest BCUT2D eigenvalue weighted by Crippen LogP contribution is 2.36. The molecule has 0 saturated heterocycles. The Kier molecular flexibility index (Phi) is 4.27. The first-order valence-corrected chi connectivity index (χ1v) is 6.96. The zero-order chi connectivity index (χ0) is 14.0. The standard InChI is InChI=1S/C14H18BrN3O/c1-8-6-10(12(19-3)7-9(8)2)14-13(15)11(4-5-16)17-18-14/h6-7H,4-5,16H2,1-3H3,(H,17,18). The van der Waals surface area contributed by atoms with Crippen LogP contribution in [0.2, 0.25) is 0 Å². The summed E-state index contributed by atoms with van der Waals surface area (Å²) in [5.41, 5.74) is 10.9. The van der Waals surface area contributed by atoms with Gasteiger partial charge in [-0.15, -0.1) is 0 Å². The van der Waals surface area contributed by atoms with Gasteiger partial charge in [0.25, 0.3) is 0 Å². The number of benzene rings is 1. The molecule has 0 radical (unpaired) electrons. The van der Waals surface area contributed by atoms with E-state index in [-0.39, 0.29) is 0 Å². The quantitative estimate of drug-likeness (QED) is 0.909. The molecule has 102 valence electrons. The molecular formula is C14H18BrN3O. The minimum Gasteiger partial charge on any atom is -0.496 e. The van der Waals surface area contributed by atoms with E-state index >= 15 is 0 Å². The molecular weight excluding hydrogens is 306 g/mol. The monoisotopic (exact) mass is 323 g/mol. The zero-order valence-electron chi connectivity index (χ0n) is 11.4. The minimum atomic E-state index is 0.588. The molecule has 0 aliphatic carbocycles. The van der Waals surface area contributed by atoms with Gasteiger partial charge in [-0.3, -0.25) is 5.10 Å². The molecule has 0 atom stereocenters. The number of nitrogens with one attached hydrogen (secondary N) is 1. The summed E-state index contributed by atoms with van der Waals surface area (Å²) in [5.74, 6) is 0.828. The first-order chi connectivity index (χ1) is 9.08. The molecule has 4 nitrogen and oxygen atoms in total. The maximum absolute atomic E-state index is 5.58. The number of nitrogens with two attached hydrogens (primary N) is 1. The van der Waals surface area contributed by atoms with E-state index in [4.69, 9.17) is 10.5 Å². The number of methoxy groups -OCH3 is 1. The lowest BCUT2D eigenvalue weighted by molar-refractivity contribution is 0.416. The van der Waals surface area contributed by atoms with Crippen molar-refractivity contribution >= 4 is 15.9 Å². The highest BCUT2D eigenvalue weighted by atomic mass is 79.9. The van der Waals surface area contributed by atoms with Crippen LogP contribution in [0.5, 0.6) is 5.75 Å². The Bertz CT molecular complexity index is 593. The van der Waals surface area contributed by atoms with Gasteiger partial charge in [0, 0.05) is 12.0 Å². The molecule has 3 N–H and O–H groups in total. The van der Waals surface area contributed by atoms with Gasteiger partial charge in [0.2, 0.25) is 0 Å². The number of halogens is 1. The molecule has 0 saturated carbocycles. The van der Waals surface area contributed by atoms with E-state index in [1.165, 1.54) is 11.1 Å². The van der Waals surface area contributed by atoms with Gasteiger partial charge in [-0.05, 0) is 59.6 Å². The van der Waals surface area contributed by atoms with Gasteiger partial charge in [-0.1, -0.05) is 0 Å². The van der Waals surface area contributed by atoms with Gasteiger partial charge in [-0.25, -0.2) is 0 Å². The SMILES string of the molecule is COc1cc(C)c(C)cc1-c1n[nH]c(CCN)c1Br. The van der Waals surface area contributed by atoms with Crippen molar-refractivity contribution in [2.75, 3.05) is 13.7 Å². The molecule has 0 fully saturated rings. The third kappa shape index (κ3) is 2.67. The van der Waals surface area contributed by atoms with E-state index in [0.717, 1.165) is 33.6 Å². The fourth-order valence-electron chi connectivity index (χ4n) is 2.00. The van der Waals surface area contributed by atoms with Crippen molar-refractivity contribution < 1.29 is 4.74 Å². The summed E-state index contributed by atoms with van der Waals surface area (Å²) in [6, 6.07) is 4.13. The van der Waals surface area contributed by atoms with Crippen molar-refractivity contribution in [1.29, 1.82) is 0 Å². The molecule has 2 aromatic rings. The van der Waals surface area contributed by atoms with Crippen LogP contribution in [-0.2, 0) is 6.42 Å². The maximum atomic E-state index is 5.58. The summed E-state index contributed by atoms with van der Waals surface area (Å²) in [6.07, 6.45) is 0.765. The van der Waals surface area contributed by atoms with Crippen molar-refractivity contribution in [1.82, 2.24) is 10.2 Å². The van der Waals surface area contributed by atoms with Crippen LogP contribution >= 0.6 is 15.9 Å². The van der Waals surface area contributed by atoms with E-state index in [1.54, 1.807) is 7.11 Å². The Morgan fingerprint density at radius 2 is 2.00 bits per heavy atom. The van der Waals surface area contributed by atoms with Crippen LogP contribution in [0.3, 0.4) is 0 Å². The number of ether oxygens (including phenoxy) is 1. The van der Waals surface area contributed by atoms with Crippen molar-refractivity contribution in [3.63, 3.8) is 0 Å². The van der Waals surface area contributed by atoms with E-state index in [1.807, 2.05) is 6.07 Å². The lowest BCUT2D eigenvalue weighted by Gasteiger charge is -2.10. The van der Waals surface area contributed by atoms with Gasteiger partial charge in [0.05, 0.1) is 17.3 Å². The predicted molar refractivity (Wildman–Crippen MR) is 80.5 cm³/mol. The molecule has 0 unspecified atom stereocenters. The number of hydrogen-bond acceptors (Lipinski definition) is 3. The second kappa shape index (κ2) is 5.75. The number of hydrogen-bond donors (Lipinski definition) is 2. The lowest BCUT2D eigenvalue weighted by atomic mass is 10.0. The highest BCUT2D eigenvalue weighted by Gasteiger charge is 2.16. The van der Waals surface area contributed by atoms with Crippen LogP contribution in [0, 0.1) is 13.8 Å². The normalized spacial score (nSPS) is 10.8. The molecule has 0 aliphatic rings. The fraction of sp³-hybridized carbons (Fsp3) is 0.357. The molecule has 1 aromatic carbocycles. The van der Waals surface area contributed by atoms with Crippen LogP contribution in [-0.4, -0.2) is 23.9 Å². The predicted octanol–water partition coefficient (Wildman–Crippen LogP) is 2.97.